The fraction of sp³-hybridized carbons (Fsp3) is 0.273. The Balaban J connectivity index is 1.71. The minimum absolute atomic E-state index is 0.167. The van der Waals surface area contributed by atoms with Crippen molar-refractivity contribution >= 4 is 39.2 Å². The van der Waals surface area contributed by atoms with E-state index in [0.717, 1.165) is 26.2 Å². The molecular formula is C22H20N4O3S. The third kappa shape index (κ3) is 3.72. The second-order valence-corrected chi connectivity index (χ2v) is 7.85. The van der Waals surface area contributed by atoms with Crippen molar-refractivity contribution in [3.8, 4) is 11.8 Å². The summed E-state index contributed by atoms with van der Waals surface area (Å²) >= 11 is 1.54. The number of ether oxygens (including phenoxy) is 1. The summed E-state index contributed by atoms with van der Waals surface area (Å²) in [6.07, 6.45) is 2.17. The van der Waals surface area contributed by atoms with Crippen molar-refractivity contribution in [3.05, 3.63) is 52.7 Å². The second kappa shape index (κ2) is 8.51. The van der Waals surface area contributed by atoms with Gasteiger partial charge in [-0.05, 0) is 30.4 Å². The zero-order chi connectivity index (χ0) is 21.1. The van der Waals surface area contributed by atoms with Gasteiger partial charge in [0.05, 0.1) is 19.0 Å². The van der Waals surface area contributed by atoms with Gasteiger partial charge in [-0.15, -0.1) is 11.3 Å². The molecule has 3 heterocycles. The van der Waals surface area contributed by atoms with E-state index in [-0.39, 0.29) is 5.91 Å². The molecule has 0 aliphatic carbocycles. The standard InChI is InChI=1S/C22H20N4O3S/c1-3-7-17(27)26-11-10-15-16(12-26)30-21-18(15)20(23-13-24-21)25-19(22(28)29-2)14-8-5-4-6-9-14/h4-6,8-9,13,19H,10-12H2,1-2H3,(H,23,24,25)/t19-/m0/s1. The summed E-state index contributed by atoms with van der Waals surface area (Å²) in [7, 11) is 1.37. The third-order valence-electron chi connectivity index (χ3n) is 5.01. The van der Waals surface area contributed by atoms with Crippen LogP contribution in [0.1, 0.15) is 29.0 Å². The molecule has 2 aromatic heterocycles. The molecule has 0 saturated heterocycles. The Morgan fingerprint density at radius 2 is 2.07 bits per heavy atom. The van der Waals surface area contributed by atoms with Gasteiger partial charge in [-0.25, -0.2) is 14.8 Å². The predicted molar refractivity (Wildman–Crippen MR) is 115 cm³/mol. The van der Waals surface area contributed by atoms with E-state index in [0.29, 0.717) is 25.3 Å². The maximum Gasteiger partial charge on any atom is 0.333 e. The molecule has 0 unspecified atom stereocenters. The molecular weight excluding hydrogens is 400 g/mol. The molecule has 4 rings (SSSR count). The van der Waals surface area contributed by atoms with E-state index in [1.807, 2.05) is 30.3 Å². The van der Waals surface area contributed by atoms with E-state index in [2.05, 4.69) is 27.1 Å². The first-order valence-electron chi connectivity index (χ1n) is 9.48. The first kappa shape index (κ1) is 19.9. The number of rotatable bonds is 4. The van der Waals surface area contributed by atoms with Gasteiger partial charge in [0.2, 0.25) is 0 Å². The third-order valence-corrected chi connectivity index (χ3v) is 6.13. The molecule has 0 spiro atoms. The number of benzene rings is 1. The lowest BCUT2D eigenvalue weighted by molar-refractivity contribution is -0.141. The normalized spacial score (nSPS) is 13.7. The highest BCUT2D eigenvalue weighted by atomic mass is 32.1. The number of hydrogen-bond acceptors (Lipinski definition) is 7. The minimum atomic E-state index is -0.689. The molecule has 1 N–H and O–H groups in total. The van der Waals surface area contributed by atoms with Crippen LogP contribution in [0.2, 0.25) is 0 Å². The Hall–Kier alpha value is -3.44. The summed E-state index contributed by atoms with van der Waals surface area (Å²) in [5.74, 6) is 5.29. The molecule has 3 aromatic rings. The molecule has 152 valence electrons. The van der Waals surface area contributed by atoms with Gasteiger partial charge < -0.3 is 15.0 Å². The number of nitrogens with one attached hydrogen (secondary N) is 1. The molecule has 0 fully saturated rings. The molecule has 1 atom stereocenters. The lowest BCUT2D eigenvalue weighted by atomic mass is 10.0. The smallest absolute Gasteiger partial charge is 0.333 e. The molecule has 0 bridgehead atoms. The molecule has 8 heteroatoms. The van der Waals surface area contributed by atoms with Gasteiger partial charge in [0, 0.05) is 11.4 Å². The summed E-state index contributed by atoms with van der Waals surface area (Å²) in [6.45, 7) is 2.74. The summed E-state index contributed by atoms with van der Waals surface area (Å²) in [5, 5.41) is 4.16. The van der Waals surface area contributed by atoms with Crippen LogP contribution in [-0.4, -0.2) is 40.4 Å². The van der Waals surface area contributed by atoms with E-state index < -0.39 is 12.0 Å². The van der Waals surface area contributed by atoms with E-state index in [1.54, 1.807) is 23.2 Å². The summed E-state index contributed by atoms with van der Waals surface area (Å²) < 4.78 is 5.01. The molecule has 0 saturated carbocycles. The van der Waals surface area contributed by atoms with Crippen LogP contribution >= 0.6 is 11.3 Å². The molecule has 1 aliphatic heterocycles. The van der Waals surface area contributed by atoms with Gasteiger partial charge in [0.25, 0.3) is 5.91 Å². The van der Waals surface area contributed by atoms with Crippen LogP contribution in [-0.2, 0) is 27.3 Å². The van der Waals surface area contributed by atoms with Crippen LogP contribution < -0.4 is 5.32 Å². The van der Waals surface area contributed by atoms with Crippen molar-refractivity contribution < 1.29 is 14.3 Å². The van der Waals surface area contributed by atoms with E-state index in [4.69, 9.17) is 4.74 Å². The maximum absolute atomic E-state index is 12.5. The van der Waals surface area contributed by atoms with Gasteiger partial charge in [-0.3, -0.25) is 4.79 Å². The topological polar surface area (TPSA) is 84.4 Å². The van der Waals surface area contributed by atoms with Crippen LogP contribution in [0.25, 0.3) is 10.2 Å². The molecule has 1 aliphatic rings. The Morgan fingerprint density at radius 1 is 1.27 bits per heavy atom. The van der Waals surface area contributed by atoms with E-state index in [9.17, 15) is 9.59 Å². The SMILES string of the molecule is CC#CC(=O)N1CCc2c(sc3ncnc(N[C@H](C(=O)OC)c4ccccc4)c23)C1. The van der Waals surface area contributed by atoms with Crippen molar-refractivity contribution in [2.45, 2.75) is 25.9 Å². The van der Waals surface area contributed by atoms with Crippen molar-refractivity contribution in [1.29, 1.82) is 0 Å². The molecule has 7 nitrogen and oxygen atoms in total. The number of amides is 1. The maximum atomic E-state index is 12.5. The lowest BCUT2D eigenvalue weighted by Gasteiger charge is -2.25. The molecule has 30 heavy (non-hydrogen) atoms. The number of anilines is 1. The number of aromatic nitrogens is 2. The van der Waals surface area contributed by atoms with Gasteiger partial charge in [0.1, 0.15) is 17.0 Å². The number of nitrogens with zero attached hydrogens (tertiary/aromatic N) is 3. The summed E-state index contributed by atoms with van der Waals surface area (Å²) in [5.41, 5.74) is 1.90. The van der Waals surface area contributed by atoms with Gasteiger partial charge in [0.15, 0.2) is 6.04 Å². The minimum Gasteiger partial charge on any atom is -0.467 e. The Kier molecular flexibility index (Phi) is 5.63. The molecule has 1 amide bonds. The summed E-state index contributed by atoms with van der Waals surface area (Å²) in [4.78, 5) is 37.1. The first-order valence-corrected chi connectivity index (χ1v) is 10.3. The summed E-state index contributed by atoms with van der Waals surface area (Å²) in [6, 6.07) is 8.69. The van der Waals surface area contributed by atoms with Crippen LogP contribution in [0, 0.1) is 11.8 Å². The van der Waals surface area contributed by atoms with E-state index in [1.165, 1.54) is 13.4 Å². The zero-order valence-electron chi connectivity index (χ0n) is 16.6. The zero-order valence-corrected chi connectivity index (χ0v) is 17.5. The Labute approximate surface area is 178 Å². The average molecular weight is 420 g/mol. The highest BCUT2D eigenvalue weighted by Gasteiger charge is 2.28. The van der Waals surface area contributed by atoms with Gasteiger partial charge >= 0.3 is 5.97 Å². The average Bonchev–Trinajstić information content (AvgIpc) is 3.16. The van der Waals surface area contributed by atoms with Crippen LogP contribution in [0.15, 0.2) is 36.7 Å². The van der Waals surface area contributed by atoms with Crippen molar-refractivity contribution in [2.24, 2.45) is 0 Å². The monoisotopic (exact) mass is 420 g/mol. The van der Waals surface area contributed by atoms with Crippen LogP contribution in [0.3, 0.4) is 0 Å². The fourth-order valence-corrected chi connectivity index (χ4v) is 4.78. The van der Waals surface area contributed by atoms with Gasteiger partial charge in [-0.1, -0.05) is 36.3 Å². The van der Waals surface area contributed by atoms with Crippen molar-refractivity contribution in [3.63, 3.8) is 0 Å². The van der Waals surface area contributed by atoms with Gasteiger partial charge in [-0.2, -0.15) is 0 Å². The number of hydrogen-bond donors (Lipinski definition) is 1. The molecule has 1 aromatic carbocycles. The van der Waals surface area contributed by atoms with Crippen LogP contribution in [0.4, 0.5) is 5.82 Å². The van der Waals surface area contributed by atoms with E-state index >= 15 is 0 Å². The number of methoxy groups -OCH3 is 1. The Bertz CT molecular complexity index is 1160. The van der Waals surface area contributed by atoms with Crippen molar-refractivity contribution in [2.75, 3.05) is 19.0 Å². The fourth-order valence-electron chi connectivity index (χ4n) is 3.57. The number of fused-ring (bicyclic) bond motifs is 3. The number of esters is 1. The quantitative estimate of drug-likeness (QED) is 0.516. The number of carbonyl (C=O) groups excluding carboxylic acids is 2. The Morgan fingerprint density at radius 3 is 2.80 bits per heavy atom. The largest absolute Gasteiger partial charge is 0.467 e. The number of carbonyl (C=O) groups is 2. The lowest BCUT2D eigenvalue weighted by Crippen LogP contribution is -2.34. The molecule has 0 radical (unpaired) electrons. The predicted octanol–water partition coefficient (Wildman–Crippen LogP) is 2.93. The van der Waals surface area contributed by atoms with Crippen LogP contribution in [0.5, 0.6) is 0 Å². The second-order valence-electron chi connectivity index (χ2n) is 6.77. The number of thiophene rings is 1. The highest BCUT2D eigenvalue weighted by Crippen LogP contribution is 2.38. The van der Waals surface area contributed by atoms with Crippen molar-refractivity contribution in [1.82, 2.24) is 14.9 Å². The highest BCUT2D eigenvalue weighted by molar-refractivity contribution is 7.19. The first-order chi connectivity index (χ1) is 14.6.